The van der Waals surface area contributed by atoms with E-state index in [1.165, 1.54) is 30.0 Å². The fourth-order valence-electron chi connectivity index (χ4n) is 3.26. The summed E-state index contributed by atoms with van der Waals surface area (Å²) in [5.41, 5.74) is 8.07. The van der Waals surface area contributed by atoms with Crippen molar-refractivity contribution in [3.8, 4) is 5.75 Å². The Morgan fingerprint density at radius 2 is 1.66 bits per heavy atom. The fourth-order valence-corrected chi connectivity index (χ4v) is 4.76. The molecule has 0 aliphatic rings. The Labute approximate surface area is 164 Å². The van der Waals surface area contributed by atoms with Gasteiger partial charge in [-0.25, -0.2) is 18.4 Å². The van der Waals surface area contributed by atoms with Crippen LogP contribution in [0.15, 0.2) is 64.6 Å². The second kappa shape index (κ2) is 6.11. The summed E-state index contributed by atoms with van der Waals surface area (Å²) < 4.78 is 33.7. The Balaban J connectivity index is 1.92. The zero-order chi connectivity index (χ0) is 20.2. The fraction of sp³-hybridized carbons (Fsp3) is 0.0526. The lowest BCUT2D eigenvalue weighted by atomic mass is 10.3. The Bertz CT molecular complexity index is 1510. The average Bonchev–Trinajstić information content (AvgIpc) is 3.23. The normalized spacial score (nSPS) is 12.0. The van der Waals surface area contributed by atoms with Gasteiger partial charge in [-0.1, -0.05) is 12.1 Å². The van der Waals surface area contributed by atoms with Crippen molar-refractivity contribution in [2.45, 2.75) is 9.79 Å². The number of ether oxygens (including phenoxy) is 1. The van der Waals surface area contributed by atoms with Crippen LogP contribution in [0.2, 0.25) is 0 Å². The van der Waals surface area contributed by atoms with E-state index >= 15 is 0 Å². The molecule has 0 aliphatic heterocycles. The van der Waals surface area contributed by atoms with Crippen molar-refractivity contribution in [3.05, 3.63) is 54.9 Å². The quantitative estimate of drug-likeness (QED) is 0.452. The first kappa shape index (κ1) is 17.3. The van der Waals surface area contributed by atoms with E-state index in [-0.39, 0.29) is 26.6 Å². The molecule has 0 atom stereocenters. The van der Waals surface area contributed by atoms with Gasteiger partial charge in [0.25, 0.3) is 0 Å². The third-order valence-electron chi connectivity index (χ3n) is 4.67. The van der Waals surface area contributed by atoms with Gasteiger partial charge in [-0.2, -0.15) is 0 Å². The lowest BCUT2D eigenvalue weighted by Gasteiger charge is -2.13. The molecule has 3 heterocycles. The first-order valence-corrected chi connectivity index (χ1v) is 10.1. The maximum atomic E-state index is 13.5. The molecule has 9 nitrogen and oxygen atoms in total. The number of anilines is 1. The number of nitrogens with zero attached hydrogens (tertiary/aromatic N) is 5. The summed E-state index contributed by atoms with van der Waals surface area (Å²) in [5, 5.41) is 7.84. The minimum absolute atomic E-state index is 0.0320. The van der Waals surface area contributed by atoms with Crippen molar-refractivity contribution >= 4 is 43.4 Å². The second-order valence-electron chi connectivity index (χ2n) is 6.33. The minimum Gasteiger partial charge on any atom is -0.497 e. The van der Waals surface area contributed by atoms with Crippen LogP contribution in [0.1, 0.15) is 0 Å². The SMILES string of the molecule is COc1ccc(S(=O)(=O)c2c(N)c3nncn3c3nc4ccccc4nc23)cc1. The molecule has 0 saturated carbocycles. The number of sulfone groups is 1. The maximum Gasteiger partial charge on any atom is 0.211 e. The molecule has 5 aromatic rings. The van der Waals surface area contributed by atoms with Gasteiger partial charge < -0.3 is 10.5 Å². The number of nitrogen functional groups attached to an aromatic ring is 1. The molecule has 0 aliphatic carbocycles. The highest BCUT2D eigenvalue weighted by molar-refractivity contribution is 7.92. The van der Waals surface area contributed by atoms with Gasteiger partial charge in [0.15, 0.2) is 11.3 Å². The monoisotopic (exact) mass is 406 g/mol. The number of aromatic nitrogens is 5. The summed E-state index contributed by atoms with van der Waals surface area (Å²) in [6, 6.07) is 13.3. The van der Waals surface area contributed by atoms with Crippen molar-refractivity contribution in [1.29, 1.82) is 0 Å². The first-order valence-electron chi connectivity index (χ1n) is 8.57. The van der Waals surface area contributed by atoms with E-state index < -0.39 is 9.84 Å². The molecule has 5 rings (SSSR count). The Kier molecular flexibility index (Phi) is 3.65. The van der Waals surface area contributed by atoms with Crippen LogP contribution in [-0.4, -0.2) is 40.1 Å². The molecule has 29 heavy (non-hydrogen) atoms. The highest BCUT2D eigenvalue weighted by Gasteiger charge is 2.28. The predicted octanol–water partition coefficient (Wildman–Crippen LogP) is 2.25. The van der Waals surface area contributed by atoms with Crippen molar-refractivity contribution in [1.82, 2.24) is 24.6 Å². The van der Waals surface area contributed by atoms with Gasteiger partial charge in [0.05, 0.1) is 28.7 Å². The van der Waals surface area contributed by atoms with Gasteiger partial charge in [-0.05, 0) is 36.4 Å². The number of pyridine rings is 1. The number of fused-ring (bicyclic) bond motifs is 4. The van der Waals surface area contributed by atoms with E-state index in [4.69, 9.17) is 10.5 Å². The largest absolute Gasteiger partial charge is 0.497 e. The molecule has 0 bridgehead atoms. The maximum absolute atomic E-state index is 13.5. The molecule has 2 aromatic carbocycles. The molecule has 10 heteroatoms. The van der Waals surface area contributed by atoms with E-state index in [1.54, 1.807) is 30.3 Å². The minimum atomic E-state index is -4.02. The molecule has 0 fully saturated rings. The van der Waals surface area contributed by atoms with Crippen LogP contribution < -0.4 is 10.5 Å². The molecule has 0 saturated heterocycles. The topological polar surface area (TPSA) is 125 Å². The molecule has 0 amide bonds. The van der Waals surface area contributed by atoms with Gasteiger partial charge in [-0.3, -0.25) is 4.40 Å². The number of hydrogen-bond donors (Lipinski definition) is 1. The number of methoxy groups -OCH3 is 1. The zero-order valence-electron chi connectivity index (χ0n) is 15.1. The second-order valence-corrected chi connectivity index (χ2v) is 8.22. The van der Waals surface area contributed by atoms with Crippen LogP contribution in [0, 0.1) is 0 Å². The van der Waals surface area contributed by atoms with Crippen LogP contribution in [0.4, 0.5) is 5.69 Å². The van der Waals surface area contributed by atoms with Gasteiger partial charge in [0, 0.05) is 0 Å². The Morgan fingerprint density at radius 1 is 0.966 bits per heavy atom. The number of para-hydroxylation sites is 2. The van der Waals surface area contributed by atoms with Gasteiger partial charge in [0.1, 0.15) is 22.5 Å². The summed E-state index contributed by atoms with van der Waals surface area (Å²) in [4.78, 5) is 9.08. The molecule has 0 unspecified atom stereocenters. The van der Waals surface area contributed by atoms with Gasteiger partial charge in [-0.15, -0.1) is 10.2 Å². The highest BCUT2D eigenvalue weighted by atomic mass is 32.2. The van der Waals surface area contributed by atoms with Crippen molar-refractivity contribution in [3.63, 3.8) is 0 Å². The lowest BCUT2D eigenvalue weighted by molar-refractivity contribution is 0.414. The Morgan fingerprint density at radius 3 is 2.34 bits per heavy atom. The molecule has 3 aromatic heterocycles. The molecule has 0 spiro atoms. The predicted molar refractivity (Wildman–Crippen MR) is 106 cm³/mol. The van der Waals surface area contributed by atoms with E-state index in [0.29, 0.717) is 22.4 Å². The van der Waals surface area contributed by atoms with Crippen molar-refractivity contribution in [2.24, 2.45) is 0 Å². The number of benzene rings is 2. The van der Waals surface area contributed by atoms with Crippen LogP contribution in [0.3, 0.4) is 0 Å². The third-order valence-corrected chi connectivity index (χ3v) is 6.51. The standard InChI is InChI=1S/C19H14N6O3S/c1-28-11-6-8-12(9-7-11)29(26,27)17-15(20)18-24-21-10-25(18)19-16(17)22-13-4-2-3-5-14(13)23-19/h2-10H,20H2,1H3. The Hall–Kier alpha value is -3.79. The summed E-state index contributed by atoms with van der Waals surface area (Å²) in [6.45, 7) is 0. The summed E-state index contributed by atoms with van der Waals surface area (Å²) >= 11 is 0. The first-order chi connectivity index (χ1) is 14.0. The average molecular weight is 406 g/mol. The van der Waals surface area contributed by atoms with E-state index in [9.17, 15) is 8.42 Å². The van der Waals surface area contributed by atoms with E-state index in [1.807, 2.05) is 6.07 Å². The zero-order valence-corrected chi connectivity index (χ0v) is 16.0. The smallest absolute Gasteiger partial charge is 0.211 e. The van der Waals surface area contributed by atoms with Crippen molar-refractivity contribution in [2.75, 3.05) is 12.8 Å². The molecule has 0 radical (unpaired) electrons. The van der Waals surface area contributed by atoms with E-state index in [0.717, 1.165) is 0 Å². The molecule has 2 N–H and O–H groups in total. The number of hydrogen-bond acceptors (Lipinski definition) is 8. The van der Waals surface area contributed by atoms with Crippen LogP contribution in [0.25, 0.3) is 27.8 Å². The molecular weight excluding hydrogens is 392 g/mol. The van der Waals surface area contributed by atoms with Gasteiger partial charge in [0.2, 0.25) is 9.84 Å². The summed E-state index contributed by atoms with van der Waals surface area (Å²) in [6.07, 6.45) is 1.43. The van der Waals surface area contributed by atoms with Crippen molar-refractivity contribution < 1.29 is 13.2 Å². The van der Waals surface area contributed by atoms with Gasteiger partial charge >= 0.3 is 0 Å². The molecular formula is C19H14N6O3S. The van der Waals surface area contributed by atoms with E-state index in [2.05, 4.69) is 20.2 Å². The number of nitrogens with two attached hydrogens (primary N) is 1. The van der Waals surface area contributed by atoms with Crippen LogP contribution in [0.5, 0.6) is 5.75 Å². The van der Waals surface area contributed by atoms with Crippen LogP contribution in [-0.2, 0) is 9.84 Å². The lowest BCUT2D eigenvalue weighted by Crippen LogP contribution is -2.11. The highest BCUT2D eigenvalue weighted by Crippen LogP contribution is 2.35. The summed E-state index contributed by atoms with van der Waals surface area (Å²) in [5.74, 6) is 0.542. The summed E-state index contributed by atoms with van der Waals surface area (Å²) in [7, 11) is -2.51. The number of rotatable bonds is 3. The molecule has 144 valence electrons. The van der Waals surface area contributed by atoms with Crippen LogP contribution >= 0.6 is 0 Å². The third kappa shape index (κ3) is 2.49.